The molecule has 39 heavy (non-hydrogen) atoms. The summed E-state index contributed by atoms with van der Waals surface area (Å²) in [6.45, 7) is 4.38. The van der Waals surface area contributed by atoms with E-state index in [4.69, 9.17) is 9.72 Å². The Morgan fingerprint density at radius 3 is 2.18 bits per heavy atom. The van der Waals surface area contributed by atoms with Crippen molar-refractivity contribution in [3.05, 3.63) is 107 Å². The van der Waals surface area contributed by atoms with Crippen LogP contribution in [0.2, 0.25) is 0 Å². The third-order valence-electron chi connectivity index (χ3n) is 6.57. The number of nitrogens with one attached hydrogen (secondary N) is 1. The number of aliphatic hydroxyl groups is 1. The highest BCUT2D eigenvalue weighted by Crippen LogP contribution is 2.39. The molecule has 3 heterocycles. The number of nitrogens with zero attached hydrogens (tertiary/aromatic N) is 5. The fourth-order valence-corrected chi connectivity index (χ4v) is 4.58. The summed E-state index contributed by atoms with van der Waals surface area (Å²) in [7, 11) is 1.44. The Balaban J connectivity index is 1.69. The maximum absolute atomic E-state index is 13.8. The SMILES string of the molecule is CCc1c(C(O)(c2ccc(F)cc2)c2ccc(F)cc2)nc2cc(OC)c(C(=O)Nc3ncn(CC)n3)cn12. The number of imidazole rings is 1. The van der Waals surface area contributed by atoms with E-state index >= 15 is 0 Å². The van der Waals surface area contributed by atoms with Crippen LogP contribution in [0.25, 0.3) is 5.65 Å². The van der Waals surface area contributed by atoms with E-state index in [1.165, 1.54) is 62.0 Å². The zero-order chi connectivity index (χ0) is 27.7. The molecule has 9 nitrogen and oxygen atoms in total. The number of pyridine rings is 1. The van der Waals surface area contributed by atoms with E-state index in [-0.39, 0.29) is 23.0 Å². The molecule has 0 aliphatic rings. The van der Waals surface area contributed by atoms with Gasteiger partial charge in [0.25, 0.3) is 5.91 Å². The number of amides is 1. The second-order valence-electron chi connectivity index (χ2n) is 8.85. The largest absolute Gasteiger partial charge is 0.496 e. The maximum atomic E-state index is 13.8. The van der Waals surface area contributed by atoms with Gasteiger partial charge in [-0.1, -0.05) is 31.2 Å². The topological polar surface area (TPSA) is 107 Å². The van der Waals surface area contributed by atoms with Gasteiger partial charge in [0, 0.05) is 24.5 Å². The Kier molecular flexibility index (Phi) is 6.83. The van der Waals surface area contributed by atoms with Crippen LogP contribution in [0.3, 0.4) is 0 Å². The van der Waals surface area contributed by atoms with Crippen LogP contribution < -0.4 is 10.1 Å². The molecule has 0 aliphatic carbocycles. The number of methoxy groups -OCH3 is 1. The number of benzene rings is 2. The van der Waals surface area contributed by atoms with Crippen LogP contribution in [0.15, 0.2) is 67.1 Å². The van der Waals surface area contributed by atoms with Gasteiger partial charge in [-0.15, -0.1) is 5.10 Å². The van der Waals surface area contributed by atoms with Gasteiger partial charge in [0.2, 0.25) is 5.95 Å². The average Bonchev–Trinajstić information content (AvgIpc) is 3.56. The fourth-order valence-electron chi connectivity index (χ4n) is 4.58. The van der Waals surface area contributed by atoms with Crippen molar-refractivity contribution in [1.82, 2.24) is 24.1 Å². The summed E-state index contributed by atoms with van der Waals surface area (Å²) in [6.07, 6.45) is 3.50. The van der Waals surface area contributed by atoms with Gasteiger partial charge in [0.15, 0.2) is 5.60 Å². The van der Waals surface area contributed by atoms with Gasteiger partial charge in [0.05, 0.1) is 12.7 Å². The van der Waals surface area contributed by atoms with Crippen LogP contribution >= 0.6 is 0 Å². The molecular weight excluding hydrogens is 506 g/mol. The van der Waals surface area contributed by atoms with E-state index in [0.29, 0.717) is 35.4 Å². The second-order valence-corrected chi connectivity index (χ2v) is 8.85. The van der Waals surface area contributed by atoms with Gasteiger partial charge in [-0.3, -0.25) is 14.8 Å². The molecular formula is C28H26F2N6O3. The number of anilines is 1. The molecule has 0 aliphatic heterocycles. The average molecular weight is 533 g/mol. The molecule has 200 valence electrons. The standard InChI is InChI=1S/C28H26F2N6O3/c1-4-22-25(28(38,17-6-10-19(29)11-7-17)18-8-12-20(30)13-9-18)32-24-14-23(39-3)21(15-36(22)24)26(37)33-27-31-16-35(5-2)34-27/h6-16,38H,4-5H2,1-3H3,(H,33,34,37). The molecule has 0 bridgehead atoms. The number of hydrogen-bond donors (Lipinski definition) is 2. The Bertz CT molecular complexity index is 1600. The number of ether oxygens (including phenoxy) is 1. The molecule has 0 atom stereocenters. The van der Waals surface area contributed by atoms with Crippen LogP contribution in [0, 0.1) is 11.6 Å². The van der Waals surface area contributed by atoms with Crippen molar-refractivity contribution >= 4 is 17.5 Å². The summed E-state index contributed by atoms with van der Waals surface area (Å²) in [5.41, 5.74) is 0.283. The minimum Gasteiger partial charge on any atom is -0.496 e. The summed E-state index contributed by atoms with van der Waals surface area (Å²) in [6, 6.07) is 12.4. The Morgan fingerprint density at radius 2 is 1.67 bits per heavy atom. The van der Waals surface area contributed by atoms with Gasteiger partial charge in [-0.25, -0.2) is 18.7 Å². The van der Waals surface area contributed by atoms with Gasteiger partial charge in [-0.2, -0.15) is 0 Å². The molecule has 0 spiro atoms. The maximum Gasteiger partial charge on any atom is 0.263 e. The van der Waals surface area contributed by atoms with E-state index in [0.717, 1.165) is 0 Å². The number of halogens is 2. The molecule has 2 aromatic carbocycles. The molecule has 3 aromatic heterocycles. The normalized spacial score (nSPS) is 11.6. The predicted octanol–water partition coefficient (Wildman–Crippen LogP) is 4.33. The van der Waals surface area contributed by atoms with Crippen LogP contribution in [-0.4, -0.2) is 42.3 Å². The lowest BCUT2D eigenvalue weighted by molar-refractivity contribution is 0.102. The van der Waals surface area contributed by atoms with E-state index in [9.17, 15) is 18.7 Å². The highest BCUT2D eigenvalue weighted by Gasteiger charge is 2.39. The summed E-state index contributed by atoms with van der Waals surface area (Å²) in [5.74, 6) is -1.03. The van der Waals surface area contributed by atoms with Gasteiger partial charge in [0.1, 0.15) is 35.1 Å². The predicted molar refractivity (Wildman–Crippen MR) is 140 cm³/mol. The second kappa shape index (κ2) is 10.3. The molecule has 5 aromatic rings. The highest BCUT2D eigenvalue weighted by atomic mass is 19.1. The molecule has 0 saturated heterocycles. The summed E-state index contributed by atoms with van der Waals surface area (Å²) in [4.78, 5) is 22.1. The van der Waals surface area contributed by atoms with Crippen molar-refractivity contribution in [3.63, 3.8) is 0 Å². The number of hydrogen-bond acceptors (Lipinski definition) is 6. The van der Waals surface area contributed by atoms with E-state index in [2.05, 4.69) is 15.4 Å². The first-order valence-corrected chi connectivity index (χ1v) is 12.3. The number of carbonyl (C=O) groups excluding carboxylic acids is 1. The molecule has 5 rings (SSSR count). The first-order chi connectivity index (χ1) is 18.8. The molecule has 0 unspecified atom stereocenters. The molecule has 0 radical (unpaired) electrons. The van der Waals surface area contributed by atoms with Gasteiger partial charge >= 0.3 is 0 Å². The molecule has 1 amide bonds. The number of fused-ring (bicyclic) bond motifs is 1. The zero-order valence-corrected chi connectivity index (χ0v) is 21.5. The van der Waals surface area contributed by atoms with Crippen molar-refractivity contribution in [2.45, 2.75) is 32.4 Å². The Labute approximate surface area is 222 Å². The number of carbonyl (C=O) groups is 1. The Hall–Kier alpha value is -4.64. The first-order valence-electron chi connectivity index (χ1n) is 12.3. The van der Waals surface area contributed by atoms with Crippen molar-refractivity contribution in [3.8, 4) is 5.75 Å². The summed E-state index contributed by atoms with van der Waals surface area (Å²) in [5, 5.41) is 19.2. The van der Waals surface area contributed by atoms with E-state index in [1.54, 1.807) is 21.3 Å². The van der Waals surface area contributed by atoms with E-state index < -0.39 is 23.1 Å². The quantitative estimate of drug-likeness (QED) is 0.308. The van der Waals surface area contributed by atoms with Gasteiger partial charge in [-0.05, 0) is 48.7 Å². The third kappa shape index (κ3) is 4.61. The lowest BCUT2D eigenvalue weighted by Gasteiger charge is -2.29. The summed E-state index contributed by atoms with van der Waals surface area (Å²) < 4.78 is 36.4. The first kappa shape index (κ1) is 26.0. The van der Waals surface area contributed by atoms with E-state index in [1.807, 2.05) is 13.8 Å². The molecule has 11 heteroatoms. The number of aryl methyl sites for hydroxylation is 2. The molecule has 0 saturated carbocycles. The van der Waals surface area contributed by atoms with Crippen LogP contribution in [-0.2, 0) is 18.6 Å². The highest BCUT2D eigenvalue weighted by molar-refractivity contribution is 6.05. The third-order valence-corrected chi connectivity index (χ3v) is 6.57. The Morgan fingerprint density at radius 1 is 1.05 bits per heavy atom. The van der Waals surface area contributed by atoms with Crippen molar-refractivity contribution in [2.75, 3.05) is 12.4 Å². The van der Waals surface area contributed by atoms with Crippen molar-refractivity contribution < 1.29 is 23.4 Å². The smallest absolute Gasteiger partial charge is 0.263 e. The van der Waals surface area contributed by atoms with Crippen LogP contribution in [0.4, 0.5) is 14.7 Å². The zero-order valence-electron chi connectivity index (χ0n) is 21.5. The van der Waals surface area contributed by atoms with Crippen molar-refractivity contribution in [1.29, 1.82) is 0 Å². The van der Waals surface area contributed by atoms with Gasteiger partial charge < -0.3 is 14.2 Å². The minimum absolute atomic E-state index is 0.146. The molecule has 0 fully saturated rings. The number of aromatic nitrogens is 5. The fraction of sp³-hybridized carbons (Fsp3) is 0.214. The molecule has 2 N–H and O–H groups in total. The minimum atomic E-state index is -1.86. The number of rotatable bonds is 8. The monoisotopic (exact) mass is 532 g/mol. The lowest BCUT2D eigenvalue weighted by Crippen LogP contribution is -2.30. The lowest BCUT2D eigenvalue weighted by atomic mass is 9.82. The van der Waals surface area contributed by atoms with Crippen LogP contribution in [0.1, 0.15) is 46.7 Å². The van der Waals surface area contributed by atoms with Crippen molar-refractivity contribution in [2.24, 2.45) is 0 Å². The summed E-state index contributed by atoms with van der Waals surface area (Å²) >= 11 is 0. The van der Waals surface area contributed by atoms with Crippen LogP contribution in [0.5, 0.6) is 5.75 Å².